The van der Waals surface area contributed by atoms with Crippen LogP contribution >= 0.6 is 22.6 Å². The number of nitrogens with one attached hydrogen (secondary N) is 1. The third-order valence-electron chi connectivity index (χ3n) is 2.77. The Hall–Kier alpha value is -1.31. The molecule has 20 heavy (non-hydrogen) atoms. The maximum atomic E-state index is 13.7. The van der Waals surface area contributed by atoms with Crippen molar-refractivity contribution >= 4 is 28.4 Å². The minimum Gasteiger partial charge on any atom is -0.369 e. The van der Waals surface area contributed by atoms with Crippen LogP contribution in [-0.4, -0.2) is 16.5 Å². The van der Waals surface area contributed by atoms with E-state index >= 15 is 0 Å². The van der Waals surface area contributed by atoms with Gasteiger partial charge in [0.2, 0.25) is 0 Å². The molecular formula is C14H14F2IN3. The summed E-state index contributed by atoms with van der Waals surface area (Å²) in [4.78, 5) is 8.75. The number of rotatable bonds is 4. The van der Waals surface area contributed by atoms with E-state index in [1.165, 1.54) is 12.1 Å². The highest BCUT2D eigenvalue weighted by atomic mass is 127. The molecule has 0 aliphatic carbocycles. The number of anilines is 1. The lowest BCUT2D eigenvalue weighted by Gasteiger charge is -2.10. The van der Waals surface area contributed by atoms with Crippen molar-refractivity contribution in [3.63, 3.8) is 0 Å². The summed E-state index contributed by atoms with van der Waals surface area (Å²) in [5, 5.41) is 3.15. The highest BCUT2D eigenvalue weighted by molar-refractivity contribution is 14.1. The largest absolute Gasteiger partial charge is 0.369 e. The second-order valence-electron chi connectivity index (χ2n) is 4.33. The van der Waals surface area contributed by atoms with E-state index in [1.54, 1.807) is 0 Å². The molecule has 0 atom stereocenters. The van der Waals surface area contributed by atoms with E-state index in [9.17, 15) is 8.78 Å². The predicted octanol–water partition coefficient (Wildman–Crippen LogP) is 3.69. The van der Waals surface area contributed by atoms with Gasteiger partial charge in [0.05, 0.1) is 9.26 Å². The van der Waals surface area contributed by atoms with Gasteiger partial charge in [0.25, 0.3) is 0 Å². The Morgan fingerprint density at radius 1 is 1.25 bits per heavy atom. The molecule has 1 aromatic heterocycles. The topological polar surface area (TPSA) is 37.8 Å². The number of aryl methyl sites for hydroxylation is 1. The molecular weight excluding hydrogens is 375 g/mol. The van der Waals surface area contributed by atoms with Crippen molar-refractivity contribution in [3.8, 4) is 0 Å². The molecule has 0 unspecified atom stereocenters. The van der Waals surface area contributed by atoms with Crippen LogP contribution in [0.1, 0.15) is 24.0 Å². The Morgan fingerprint density at radius 2 is 2.00 bits per heavy atom. The number of hydrogen-bond acceptors (Lipinski definition) is 3. The molecule has 3 nitrogen and oxygen atoms in total. The number of halogens is 3. The van der Waals surface area contributed by atoms with Crippen molar-refractivity contribution in [1.29, 1.82) is 0 Å². The van der Waals surface area contributed by atoms with Crippen LogP contribution in [0.15, 0.2) is 18.2 Å². The first-order chi connectivity index (χ1) is 9.51. The van der Waals surface area contributed by atoms with Gasteiger partial charge in [-0.3, -0.25) is 0 Å². The van der Waals surface area contributed by atoms with Gasteiger partial charge in [-0.2, -0.15) is 0 Å². The fourth-order valence-corrected chi connectivity index (χ4v) is 2.25. The Kier molecular flexibility index (Phi) is 4.85. The lowest BCUT2D eigenvalue weighted by Crippen LogP contribution is -2.09. The van der Waals surface area contributed by atoms with Crippen molar-refractivity contribution in [3.05, 3.63) is 50.5 Å². The summed E-state index contributed by atoms with van der Waals surface area (Å²) in [6, 6.07) is 3.54. The number of aromatic nitrogens is 2. The number of hydrogen-bond donors (Lipinski definition) is 1. The molecule has 1 aromatic carbocycles. The van der Waals surface area contributed by atoms with Gasteiger partial charge in [-0.25, -0.2) is 18.7 Å². The van der Waals surface area contributed by atoms with Crippen LogP contribution in [0.5, 0.6) is 0 Å². The van der Waals surface area contributed by atoms with E-state index < -0.39 is 11.6 Å². The van der Waals surface area contributed by atoms with Crippen molar-refractivity contribution in [2.45, 2.75) is 20.3 Å². The van der Waals surface area contributed by atoms with Crippen LogP contribution in [0.2, 0.25) is 0 Å². The van der Waals surface area contributed by atoms with E-state index in [4.69, 9.17) is 0 Å². The standard InChI is InChI=1S/C14H14F2IN3/c1-3-18-14-13(17)8(2)19-12(20-14)6-9-4-5-10(15)7-11(9)16/h4-5,7H,3,6H2,1-2H3,(H,18,19,20). The molecule has 0 aliphatic heterocycles. The lowest BCUT2D eigenvalue weighted by molar-refractivity contribution is 0.573. The first kappa shape index (κ1) is 15.1. The van der Waals surface area contributed by atoms with Gasteiger partial charge < -0.3 is 5.32 Å². The van der Waals surface area contributed by atoms with Gasteiger partial charge in [0.15, 0.2) is 0 Å². The summed E-state index contributed by atoms with van der Waals surface area (Å²) in [6.07, 6.45) is 0.238. The van der Waals surface area contributed by atoms with Crippen molar-refractivity contribution in [2.24, 2.45) is 0 Å². The predicted molar refractivity (Wildman–Crippen MR) is 82.8 cm³/mol. The summed E-state index contributed by atoms with van der Waals surface area (Å²) in [6.45, 7) is 4.61. The van der Waals surface area contributed by atoms with Crippen molar-refractivity contribution in [1.82, 2.24) is 9.97 Å². The van der Waals surface area contributed by atoms with Crippen molar-refractivity contribution in [2.75, 3.05) is 11.9 Å². The quantitative estimate of drug-likeness (QED) is 0.811. The maximum Gasteiger partial charge on any atom is 0.143 e. The van der Waals surface area contributed by atoms with Gasteiger partial charge in [0, 0.05) is 19.0 Å². The van der Waals surface area contributed by atoms with Crippen LogP contribution in [0, 0.1) is 22.1 Å². The van der Waals surface area contributed by atoms with Crippen LogP contribution in [0.25, 0.3) is 0 Å². The van der Waals surface area contributed by atoms with E-state index in [0.717, 1.165) is 27.7 Å². The lowest BCUT2D eigenvalue weighted by atomic mass is 10.1. The van der Waals surface area contributed by atoms with Crippen LogP contribution in [0.3, 0.4) is 0 Å². The third-order valence-corrected chi connectivity index (χ3v) is 4.06. The Morgan fingerprint density at radius 3 is 2.65 bits per heavy atom. The fourth-order valence-electron chi connectivity index (χ4n) is 1.82. The van der Waals surface area contributed by atoms with Gasteiger partial charge in [-0.05, 0) is 48.1 Å². The SMILES string of the molecule is CCNc1nc(Cc2ccc(F)cc2F)nc(C)c1I. The van der Waals surface area contributed by atoms with Gasteiger partial charge >= 0.3 is 0 Å². The van der Waals surface area contributed by atoms with E-state index in [1.807, 2.05) is 13.8 Å². The summed E-state index contributed by atoms with van der Waals surface area (Å²) < 4.78 is 27.5. The number of nitrogens with zero attached hydrogens (tertiary/aromatic N) is 2. The van der Waals surface area contributed by atoms with E-state index in [2.05, 4.69) is 37.9 Å². The molecule has 2 rings (SSSR count). The molecule has 0 saturated heterocycles. The molecule has 0 radical (unpaired) electrons. The Balaban J connectivity index is 2.33. The summed E-state index contributed by atoms with van der Waals surface area (Å²) in [5.41, 5.74) is 1.23. The Bertz CT molecular complexity index is 632. The smallest absolute Gasteiger partial charge is 0.143 e. The Labute approximate surface area is 130 Å². The number of benzene rings is 1. The average Bonchev–Trinajstić information content (AvgIpc) is 2.39. The maximum absolute atomic E-state index is 13.7. The molecule has 0 amide bonds. The van der Waals surface area contributed by atoms with Crippen LogP contribution in [0.4, 0.5) is 14.6 Å². The minimum atomic E-state index is -0.584. The summed E-state index contributed by atoms with van der Waals surface area (Å²) in [7, 11) is 0. The van der Waals surface area contributed by atoms with Gasteiger partial charge in [-0.1, -0.05) is 6.07 Å². The van der Waals surface area contributed by atoms with Gasteiger partial charge in [0.1, 0.15) is 23.3 Å². The monoisotopic (exact) mass is 389 g/mol. The first-order valence-electron chi connectivity index (χ1n) is 6.22. The zero-order valence-electron chi connectivity index (χ0n) is 11.2. The molecule has 0 bridgehead atoms. The highest BCUT2D eigenvalue weighted by Gasteiger charge is 2.11. The second kappa shape index (κ2) is 6.43. The molecule has 1 heterocycles. The second-order valence-corrected chi connectivity index (χ2v) is 5.41. The molecule has 0 fully saturated rings. The summed E-state index contributed by atoms with van der Waals surface area (Å²) in [5.74, 6) is 0.108. The van der Waals surface area contributed by atoms with E-state index in [0.29, 0.717) is 11.4 Å². The van der Waals surface area contributed by atoms with Crippen LogP contribution < -0.4 is 5.32 Å². The minimum absolute atomic E-state index is 0.238. The molecule has 6 heteroatoms. The van der Waals surface area contributed by atoms with E-state index in [-0.39, 0.29) is 6.42 Å². The fraction of sp³-hybridized carbons (Fsp3) is 0.286. The zero-order valence-corrected chi connectivity index (χ0v) is 13.3. The summed E-state index contributed by atoms with van der Waals surface area (Å²) >= 11 is 2.18. The molecule has 0 saturated carbocycles. The highest BCUT2D eigenvalue weighted by Crippen LogP contribution is 2.20. The first-order valence-corrected chi connectivity index (χ1v) is 7.30. The zero-order chi connectivity index (χ0) is 14.7. The third kappa shape index (κ3) is 3.41. The normalized spacial score (nSPS) is 10.7. The molecule has 0 spiro atoms. The average molecular weight is 389 g/mol. The molecule has 1 N–H and O–H groups in total. The molecule has 106 valence electrons. The van der Waals surface area contributed by atoms with Gasteiger partial charge in [-0.15, -0.1) is 0 Å². The van der Waals surface area contributed by atoms with Crippen LogP contribution in [-0.2, 0) is 6.42 Å². The molecule has 0 aliphatic rings. The molecule has 2 aromatic rings. The van der Waals surface area contributed by atoms with Crippen molar-refractivity contribution < 1.29 is 8.78 Å².